The van der Waals surface area contributed by atoms with E-state index in [4.69, 9.17) is 9.84 Å². The van der Waals surface area contributed by atoms with Gasteiger partial charge < -0.3 is 9.84 Å². The lowest BCUT2D eigenvalue weighted by Crippen LogP contribution is -2.37. The number of hydrogen-bond acceptors (Lipinski definition) is 6. The third kappa shape index (κ3) is 3.12. The van der Waals surface area contributed by atoms with Crippen LogP contribution >= 0.6 is 0 Å². The standard InChI is InChI=1S/C16H16F2N2O5S/c17-12-5-10(20-7-11(8-21)25-15(20)22)6-13(18)14(12)16(9-19)1-3-26(23,24)4-2-16/h5-6,11,21H,1-4,7-8H2/t11-/m1/s1. The monoisotopic (exact) mass is 386 g/mol. The van der Waals surface area contributed by atoms with Crippen molar-refractivity contribution in [2.45, 2.75) is 24.4 Å². The number of halogens is 2. The molecule has 0 unspecified atom stereocenters. The molecule has 1 amide bonds. The van der Waals surface area contributed by atoms with Crippen molar-refractivity contribution in [2.75, 3.05) is 29.6 Å². The molecule has 2 heterocycles. The number of anilines is 1. The Kier molecular flexibility index (Phi) is 4.62. The van der Waals surface area contributed by atoms with Crippen LogP contribution in [0.1, 0.15) is 18.4 Å². The van der Waals surface area contributed by atoms with Crippen molar-refractivity contribution in [3.05, 3.63) is 29.3 Å². The molecule has 1 aromatic rings. The SMILES string of the molecule is N#CC1(c2c(F)cc(N3C[C@H](CO)OC3=O)cc2F)CCS(=O)(=O)CC1. The van der Waals surface area contributed by atoms with E-state index in [0.717, 1.165) is 17.0 Å². The predicted molar refractivity (Wildman–Crippen MR) is 86.2 cm³/mol. The lowest BCUT2D eigenvalue weighted by molar-refractivity contribution is 0.0963. The lowest BCUT2D eigenvalue weighted by Gasteiger charge is -2.31. The highest BCUT2D eigenvalue weighted by Gasteiger charge is 2.43. The summed E-state index contributed by atoms with van der Waals surface area (Å²) in [5, 5.41) is 18.6. The third-order valence-corrected chi connectivity index (χ3v) is 6.44. The summed E-state index contributed by atoms with van der Waals surface area (Å²) < 4.78 is 57.5. The van der Waals surface area contributed by atoms with Crippen LogP contribution in [-0.2, 0) is 20.0 Å². The van der Waals surface area contributed by atoms with Gasteiger partial charge in [-0.3, -0.25) is 4.90 Å². The molecule has 2 aliphatic heterocycles. The Morgan fingerprint density at radius 1 is 1.31 bits per heavy atom. The first-order chi connectivity index (χ1) is 12.2. The molecule has 26 heavy (non-hydrogen) atoms. The first kappa shape index (κ1) is 18.5. The van der Waals surface area contributed by atoms with Gasteiger partial charge in [0.25, 0.3) is 0 Å². The zero-order valence-corrected chi connectivity index (χ0v) is 14.4. The number of rotatable bonds is 3. The van der Waals surface area contributed by atoms with Crippen LogP contribution in [0.3, 0.4) is 0 Å². The summed E-state index contributed by atoms with van der Waals surface area (Å²) in [7, 11) is -3.32. The predicted octanol–water partition coefficient (Wildman–Crippen LogP) is 1.25. The minimum atomic E-state index is -3.32. The van der Waals surface area contributed by atoms with Crippen LogP contribution in [0.2, 0.25) is 0 Å². The fourth-order valence-electron chi connectivity index (χ4n) is 3.30. The van der Waals surface area contributed by atoms with Crippen molar-refractivity contribution in [1.82, 2.24) is 0 Å². The van der Waals surface area contributed by atoms with E-state index in [0.29, 0.717) is 0 Å². The van der Waals surface area contributed by atoms with Gasteiger partial charge in [0.1, 0.15) is 27.6 Å². The quantitative estimate of drug-likeness (QED) is 0.838. The summed E-state index contributed by atoms with van der Waals surface area (Å²) in [5.41, 5.74) is -2.15. The number of aliphatic hydroxyl groups is 1. The Morgan fingerprint density at radius 2 is 1.88 bits per heavy atom. The van der Waals surface area contributed by atoms with Crippen LogP contribution in [0.4, 0.5) is 19.3 Å². The van der Waals surface area contributed by atoms with Gasteiger partial charge in [0.2, 0.25) is 0 Å². The molecule has 3 rings (SSSR count). The summed E-state index contributed by atoms with van der Waals surface area (Å²) in [5.74, 6) is -2.70. The third-order valence-electron chi connectivity index (χ3n) is 4.79. The average molecular weight is 386 g/mol. The Hall–Kier alpha value is -2.25. The molecule has 140 valence electrons. The van der Waals surface area contributed by atoms with E-state index in [2.05, 4.69) is 0 Å². The van der Waals surface area contributed by atoms with E-state index in [9.17, 15) is 27.3 Å². The Labute approximate surface area is 148 Å². The highest BCUT2D eigenvalue weighted by atomic mass is 32.2. The van der Waals surface area contributed by atoms with Gasteiger partial charge >= 0.3 is 6.09 Å². The largest absolute Gasteiger partial charge is 0.441 e. The van der Waals surface area contributed by atoms with Gasteiger partial charge in [-0.1, -0.05) is 0 Å². The van der Waals surface area contributed by atoms with Crippen LogP contribution in [0.15, 0.2) is 12.1 Å². The second-order valence-corrected chi connectivity index (χ2v) is 8.73. The zero-order valence-electron chi connectivity index (χ0n) is 13.6. The van der Waals surface area contributed by atoms with Crippen molar-refractivity contribution in [2.24, 2.45) is 0 Å². The number of nitriles is 1. The van der Waals surface area contributed by atoms with Gasteiger partial charge in [-0.05, 0) is 25.0 Å². The fourth-order valence-corrected chi connectivity index (χ4v) is 4.83. The van der Waals surface area contributed by atoms with Gasteiger partial charge in [0, 0.05) is 5.56 Å². The van der Waals surface area contributed by atoms with E-state index in [-0.39, 0.29) is 36.6 Å². The van der Waals surface area contributed by atoms with Crippen molar-refractivity contribution in [3.63, 3.8) is 0 Å². The van der Waals surface area contributed by atoms with Crippen molar-refractivity contribution in [3.8, 4) is 6.07 Å². The van der Waals surface area contributed by atoms with Gasteiger partial charge in [0.05, 0.1) is 41.8 Å². The van der Waals surface area contributed by atoms with E-state index in [1.54, 1.807) is 0 Å². The summed E-state index contributed by atoms with van der Waals surface area (Å²) >= 11 is 0. The van der Waals surface area contributed by atoms with Gasteiger partial charge in [-0.25, -0.2) is 22.0 Å². The maximum Gasteiger partial charge on any atom is 0.414 e. The number of sulfone groups is 1. The Morgan fingerprint density at radius 3 is 2.35 bits per heavy atom. The van der Waals surface area contributed by atoms with E-state index in [1.807, 2.05) is 6.07 Å². The number of carbonyl (C=O) groups is 1. The van der Waals surface area contributed by atoms with Crippen molar-refractivity contribution < 1.29 is 31.8 Å². The first-order valence-electron chi connectivity index (χ1n) is 7.91. The molecule has 1 atom stereocenters. The number of amides is 1. The van der Waals surface area contributed by atoms with E-state index < -0.39 is 51.3 Å². The highest BCUT2D eigenvalue weighted by molar-refractivity contribution is 7.91. The van der Waals surface area contributed by atoms with Gasteiger partial charge in [0.15, 0.2) is 0 Å². The first-order valence-corrected chi connectivity index (χ1v) is 9.74. The van der Waals surface area contributed by atoms with Gasteiger partial charge in [-0.15, -0.1) is 0 Å². The topological polar surface area (TPSA) is 108 Å². The number of benzene rings is 1. The molecule has 0 bridgehead atoms. The molecule has 0 aromatic heterocycles. The van der Waals surface area contributed by atoms with Crippen molar-refractivity contribution in [1.29, 1.82) is 5.26 Å². The molecule has 1 N–H and O–H groups in total. The Balaban J connectivity index is 1.98. The Bertz CT molecular complexity index is 859. The maximum atomic E-state index is 14.7. The van der Waals surface area contributed by atoms with Crippen LogP contribution in [0.5, 0.6) is 0 Å². The maximum absolute atomic E-state index is 14.7. The summed E-state index contributed by atoms with van der Waals surface area (Å²) in [6.07, 6.45) is -2.02. The average Bonchev–Trinajstić information content (AvgIpc) is 2.97. The van der Waals surface area contributed by atoms with Crippen LogP contribution in [0, 0.1) is 23.0 Å². The molecule has 7 nitrogen and oxygen atoms in total. The molecule has 0 spiro atoms. The number of cyclic esters (lactones) is 1. The molecule has 0 radical (unpaired) electrons. The normalized spacial score (nSPS) is 24.2. The second kappa shape index (κ2) is 6.48. The fraction of sp³-hybridized carbons (Fsp3) is 0.500. The second-order valence-electron chi connectivity index (χ2n) is 6.43. The van der Waals surface area contributed by atoms with Crippen LogP contribution in [-0.4, -0.2) is 50.4 Å². The molecule has 2 fully saturated rings. The summed E-state index contributed by atoms with van der Waals surface area (Å²) in [6.45, 7) is -0.480. The number of aliphatic hydroxyl groups excluding tert-OH is 1. The summed E-state index contributed by atoms with van der Waals surface area (Å²) in [6, 6.07) is 3.72. The minimum Gasteiger partial charge on any atom is -0.441 e. The number of carbonyl (C=O) groups excluding carboxylic acids is 1. The highest BCUT2D eigenvalue weighted by Crippen LogP contribution is 2.40. The van der Waals surface area contributed by atoms with E-state index >= 15 is 0 Å². The molecule has 1 aromatic carbocycles. The van der Waals surface area contributed by atoms with Gasteiger partial charge in [-0.2, -0.15) is 5.26 Å². The van der Waals surface area contributed by atoms with Crippen molar-refractivity contribution >= 4 is 21.6 Å². The molecule has 10 heteroatoms. The number of nitrogens with zero attached hydrogens (tertiary/aromatic N) is 2. The van der Waals surface area contributed by atoms with E-state index in [1.165, 1.54) is 0 Å². The molecular weight excluding hydrogens is 370 g/mol. The zero-order chi connectivity index (χ0) is 19.1. The molecule has 2 saturated heterocycles. The molecule has 2 aliphatic rings. The number of ether oxygens (including phenoxy) is 1. The van der Waals surface area contributed by atoms with Crippen LogP contribution in [0.25, 0.3) is 0 Å². The van der Waals surface area contributed by atoms with Crippen LogP contribution < -0.4 is 4.90 Å². The smallest absolute Gasteiger partial charge is 0.414 e. The molecule has 0 aliphatic carbocycles. The molecule has 0 saturated carbocycles. The lowest BCUT2D eigenvalue weighted by atomic mass is 9.76. The summed E-state index contributed by atoms with van der Waals surface area (Å²) in [4.78, 5) is 12.8. The number of hydrogen-bond donors (Lipinski definition) is 1. The minimum absolute atomic E-state index is 0.0603. The molecular formula is C16H16F2N2O5S.